The Kier molecular flexibility index (Phi) is 3.36. The highest BCUT2D eigenvalue weighted by atomic mass is 79.9. The molecule has 0 atom stereocenters. The quantitative estimate of drug-likeness (QED) is 0.732. The average molecular weight is 317 g/mol. The van der Waals surface area contributed by atoms with Gasteiger partial charge in [0.1, 0.15) is 10.4 Å². The molecular weight excluding hydrogens is 304 g/mol. The lowest BCUT2D eigenvalue weighted by Crippen LogP contribution is -1.91. The molecule has 4 heteroatoms. The number of fused-ring (bicyclic) bond motifs is 1. The van der Waals surface area contributed by atoms with E-state index < -0.39 is 0 Å². The molecule has 0 fully saturated rings. The van der Waals surface area contributed by atoms with E-state index in [1.165, 1.54) is 0 Å². The minimum atomic E-state index is 0.609. The molecule has 3 nitrogen and oxygen atoms in total. The van der Waals surface area contributed by atoms with Crippen LogP contribution in [0.1, 0.15) is 5.56 Å². The van der Waals surface area contributed by atoms with Crippen LogP contribution < -0.4 is 0 Å². The Morgan fingerprint density at radius 3 is 2.95 bits per heavy atom. The number of nitrogens with zero attached hydrogens (tertiary/aromatic N) is 2. The van der Waals surface area contributed by atoms with Gasteiger partial charge in [-0.2, -0.15) is 0 Å². The van der Waals surface area contributed by atoms with Gasteiger partial charge in [0.15, 0.2) is 0 Å². The SMILES string of the molecule is COCc1cccc(-c2nc(Br)c3ccccn23)c1. The van der Waals surface area contributed by atoms with Crippen molar-refractivity contribution in [3.8, 4) is 11.4 Å². The second-order valence-electron chi connectivity index (χ2n) is 4.32. The van der Waals surface area contributed by atoms with E-state index in [1.54, 1.807) is 7.11 Å². The molecule has 1 aromatic carbocycles. The molecule has 0 unspecified atom stereocenters. The van der Waals surface area contributed by atoms with E-state index in [0.29, 0.717) is 6.61 Å². The first-order valence-electron chi connectivity index (χ1n) is 6.00. The third-order valence-corrected chi connectivity index (χ3v) is 3.58. The van der Waals surface area contributed by atoms with Crippen molar-refractivity contribution in [2.75, 3.05) is 7.11 Å². The first kappa shape index (κ1) is 12.4. The maximum absolute atomic E-state index is 5.17. The van der Waals surface area contributed by atoms with Crippen LogP contribution in [0.15, 0.2) is 53.3 Å². The van der Waals surface area contributed by atoms with Crippen molar-refractivity contribution < 1.29 is 4.74 Å². The van der Waals surface area contributed by atoms with E-state index in [-0.39, 0.29) is 0 Å². The third-order valence-electron chi connectivity index (χ3n) is 3.00. The van der Waals surface area contributed by atoms with Crippen LogP contribution in [0.2, 0.25) is 0 Å². The molecule has 0 aliphatic heterocycles. The van der Waals surface area contributed by atoms with Crippen molar-refractivity contribution in [1.82, 2.24) is 9.38 Å². The first-order chi connectivity index (χ1) is 9.29. The summed E-state index contributed by atoms with van der Waals surface area (Å²) >= 11 is 3.51. The zero-order valence-electron chi connectivity index (χ0n) is 10.5. The number of ether oxygens (including phenoxy) is 1. The average Bonchev–Trinajstić information content (AvgIpc) is 2.78. The minimum Gasteiger partial charge on any atom is -0.380 e. The summed E-state index contributed by atoms with van der Waals surface area (Å²) in [5, 5.41) is 0. The van der Waals surface area contributed by atoms with Gasteiger partial charge in [0.05, 0.1) is 12.1 Å². The van der Waals surface area contributed by atoms with Gasteiger partial charge in [-0.25, -0.2) is 4.98 Å². The lowest BCUT2D eigenvalue weighted by molar-refractivity contribution is 0.185. The van der Waals surface area contributed by atoms with Gasteiger partial charge in [-0.1, -0.05) is 24.3 Å². The van der Waals surface area contributed by atoms with E-state index >= 15 is 0 Å². The van der Waals surface area contributed by atoms with Crippen LogP contribution in [-0.2, 0) is 11.3 Å². The topological polar surface area (TPSA) is 26.5 Å². The Bertz CT molecular complexity index is 721. The third kappa shape index (κ3) is 2.29. The van der Waals surface area contributed by atoms with Crippen LogP contribution in [0, 0.1) is 0 Å². The van der Waals surface area contributed by atoms with Crippen LogP contribution >= 0.6 is 15.9 Å². The fourth-order valence-corrected chi connectivity index (χ4v) is 2.66. The number of benzene rings is 1. The summed E-state index contributed by atoms with van der Waals surface area (Å²) in [5.74, 6) is 0.931. The predicted molar refractivity (Wildman–Crippen MR) is 79.0 cm³/mol. The summed E-state index contributed by atoms with van der Waals surface area (Å²) in [6.45, 7) is 0.609. The summed E-state index contributed by atoms with van der Waals surface area (Å²) in [4.78, 5) is 4.60. The van der Waals surface area contributed by atoms with E-state index in [9.17, 15) is 0 Å². The number of halogens is 1. The maximum Gasteiger partial charge on any atom is 0.145 e. The highest BCUT2D eigenvalue weighted by Gasteiger charge is 2.10. The van der Waals surface area contributed by atoms with Gasteiger partial charge < -0.3 is 4.74 Å². The van der Waals surface area contributed by atoms with E-state index in [1.807, 2.05) is 30.5 Å². The van der Waals surface area contributed by atoms with Gasteiger partial charge in [0, 0.05) is 18.9 Å². The predicted octanol–water partition coefficient (Wildman–Crippen LogP) is 3.91. The second-order valence-corrected chi connectivity index (χ2v) is 5.07. The molecule has 2 heterocycles. The lowest BCUT2D eigenvalue weighted by Gasteiger charge is -2.04. The van der Waals surface area contributed by atoms with Gasteiger partial charge >= 0.3 is 0 Å². The molecular formula is C15H13BrN2O. The molecule has 0 aliphatic carbocycles. The Labute approximate surface area is 120 Å². The lowest BCUT2D eigenvalue weighted by atomic mass is 10.1. The van der Waals surface area contributed by atoms with Crippen molar-refractivity contribution in [3.63, 3.8) is 0 Å². The fourth-order valence-electron chi connectivity index (χ4n) is 2.17. The zero-order chi connectivity index (χ0) is 13.2. The molecule has 96 valence electrons. The van der Waals surface area contributed by atoms with Crippen LogP contribution in [0.5, 0.6) is 0 Å². The molecule has 0 saturated carbocycles. The van der Waals surface area contributed by atoms with Gasteiger partial charge in [-0.05, 0) is 39.7 Å². The number of rotatable bonds is 3. The molecule has 0 radical (unpaired) electrons. The largest absolute Gasteiger partial charge is 0.380 e. The zero-order valence-corrected chi connectivity index (χ0v) is 12.1. The summed E-state index contributed by atoms with van der Waals surface area (Å²) in [6.07, 6.45) is 2.02. The molecule has 3 aromatic rings. The normalized spacial score (nSPS) is 11.1. The molecule has 2 aromatic heterocycles. The van der Waals surface area contributed by atoms with Crippen molar-refractivity contribution in [2.45, 2.75) is 6.61 Å². The smallest absolute Gasteiger partial charge is 0.145 e. The Morgan fingerprint density at radius 1 is 1.21 bits per heavy atom. The van der Waals surface area contributed by atoms with Crippen LogP contribution in [0.3, 0.4) is 0 Å². The monoisotopic (exact) mass is 316 g/mol. The highest BCUT2D eigenvalue weighted by Crippen LogP contribution is 2.26. The van der Waals surface area contributed by atoms with Gasteiger partial charge in [0.25, 0.3) is 0 Å². The summed E-state index contributed by atoms with van der Waals surface area (Å²) in [5.41, 5.74) is 3.29. The highest BCUT2D eigenvalue weighted by molar-refractivity contribution is 9.10. The molecule has 0 saturated heterocycles. The second kappa shape index (κ2) is 5.15. The number of hydrogen-bond acceptors (Lipinski definition) is 2. The Hall–Kier alpha value is -1.65. The van der Waals surface area contributed by atoms with Crippen molar-refractivity contribution in [1.29, 1.82) is 0 Å². The number of hydrogen-bond donors (Lipinski definition) is 0. The maximum atomic E-state index is 5.17. The summed E-state index contributed by atoms with van der Waals surface area (Å²) in [6, 6.07) is 14.3. The molecule has 0 spiro atoms. The van der Waals surface area contributed by atoms with Gasteiger partial charge in [-0.15, -0.1) is 0 Å². The van der Waals surface area contributed by atoms with Gasteiger partial charge in [-0.3, -0.25) is 4.40 Å². The number of imidazole rings is 1. The number of pyridine rings is 1. The van der Waals surface area contributed by atoms with E-state index in [2.05, 4.69) is 43.5 Å². The standard InChI is InChI=1S/C15H13BrN2O/c1-19-10-11-5-4-6-12(9-11)15-17-14(16)13-7-2-3-8-18(13)15/h2-9H,10H2,1H3. The fraction of sp³-hybridized carbons (Fsp3) is 0.133. The molecule has 0 N–H and O–H groups in total. The summed E-state index contributed by atoms with van der Waals surface area (Å²) in [7, 11) is 1.70. The summed E-state index contributed by atoms with van der Waals surface area (Å²) < 4.78 is 8.12. The minimum absolute atomic E-state index is 0.609. The molecule has 0 amide bonds. The van der Waals surface area contributed by atoms with E-state index in [4.69, 9.17) is 4.74 Å². The first-order valence-corrected chi connectivity index (χ1v) is 6.80. The molecule has 19 heavy (non-hydrogen) atoms. The molecule has 3 rings (SSSR count). The van der Waals surface area contributed by atoms with E-state index in [0.717, 1.165) is 27.1 Å². The van der Waals surface area contributed by atoms with Crippen molar-refractivity contribution in [2.24, 2.45) is 0 Å². The Balaban J connectivity index is 2.16. The van der Waals surface area contributed by atoms with Crippen LogP contribution in [-0.4, -0.2) is 16.5 Å². The Morgan fingerprint density at radius 2 is 2.11 bits per heavy atom. The van der Waals surface area contributed by atoms with Crippen LogP contribution in [0.25, 0.3) is 16.9 Å². The number of methoxy groups -OCH3 is 1. The van der Waals surface area contributed by atoms with Crippen molar-refractivity contribution >= 4 is 21.4 Å². The van der Waals surface area contributed by atoms with Gasteiger partial charge in [0.2, 0.25) is 0 Å². The molecule has 0 aliphatic rings. The molecule has 0 bridgehead atoms. The van der Waals surface area contributed by atoms with Crippen LogP contribution in [0.4, 0.5) is 0 Å². The van der Waals surface area contributed by atoms with Crippen molar-refractivity contribution in [3.05, 3.63) is 58.8 Å². The number of aromatic nitrogens is 2.